The minimum atomic E-state index is -0.546. The highest BCUT2D eigenvalue weighted by atomic mass is 16.1. The first-order valence-corrected chi connectivity index (χ1v) is 2.29. The molecule has 0 saturated carbocycles. The molecule has 0 aliphatic heterocycles. The standard InChI is InChI=1S/C4H9N3O/c1-2-3(7-6)4(5)8/h2,6H2,1H3,(H2,5,8). The Labute approximate surface area is 47.5 Å². The van der Waals surface area contributed by atoms with E-state index in [1.165, 1.54) is 0 Å². The third-order valence-corrected chi connectivity index (χ3v) is 0.775. The van der Waals surface area contributed by atoms with Gasteiger partial charge in [0.25, 0.3) is 5.91 Å². The van der Waals surface area contributed by atoms with Crippen LogP contribution >= 0.6 is 0 Å². The van der Waals surface area contributed by atoms with Crippen LogP contribution in [0.3, 0.4) is 0 Å². The molecule has 46 valence electrons. The molecule has 0 saturated heterocycles. The first-order chi connectivity index (χ1) is 3.72. The fraction of sp³-hybridized carbons (Fsp3) is 0.500. The highest BCUT2D eigenvalue weighted by molar-refractivity contribution is 6.38. The SMILES string of the molecule is CCC(=NN)C(N)=O. The van der Waals surface area contributed by atoms with E-state index < -0.39 is 5.91 Å². The van der Waals surface area contributed by atoms with Crippen molar-refractivity contribution in [2.45, 2.75) is 13.3 Å². The summed E-state index contributed by atoms with van der Waals surface area (Å²) < 4.78 is 0. The second kappa shape index (κ2) is 3.01. The van der Waals surface area contributed by atoms with Gasteiger partial charge in [-0.15, -0.1) is 0 Å². The van der Waals surface area contributed by atoms with Crippen molar-refractivity contribution in [2.24, 2.45) is 16.7 Å². The van der Waals surface area contributed by atoms with E-state index in [1.54, 1.807) is 6.92 Å². The zero-order valence-corrected chi connectivity index (χ0v) is 4.72. The van der Waals surface area contributed by atoms with Gasteiger partial charge in [-0.1, -0.05) is 6.92 Å². The fourth-order valence-corrected chi connectivity index (χ4v) is 0.329. The molecule has 4 nitrogen and oxygen atoms in total. The predicted octanol–water partition coefficient (Wildman–Crippen LogP) is -0.804. The number of carbonyl (C=O) groups is 1. The molecule has 0 rings (SSSR count). The number of primary amides is 1. The van der Waals surface area contributed by atoms with E-state index in [0.717, 1.165) is 0 Å². The Bertz CT molecular complexity index is 118. The lowest BCUT2D eigenvalue weighted by Gasteiger charge is -1.90. The topological polar surface area (TPSA) is 81.5 Å². The molecule has 0 heterocycles. The van der Waals surface area contributed by atoms with Crippen LogP contribution in [0.5, 0.6) is 0 Å². The second-order valence-corrected chi connectivity index (χ2v) is 1.29. The third kappa shape index (κ3) is 1.59. The lowest BCUT2D eigenvalue weighted by molar-refractivity contribution is -0.112. The van der Waals surface area contributed by atoms with Gasteiger partial charge in [0, 0.05) is 0 Å². The van der Waals surface area contributed by atoms with Crippen LogP contribution in [-0.4, -0.2) is 11.6 Å². The quantitative estimate of drug-likeness (QED) is 0.280. The van der Waals surface area contributed by atoms with Crippen LogP contribution in [0.25, 0.3) is 0 Å². The molecule has 0 atom stereocenters. The smallest absolute Gasteiger partial charge is 0.264 e. The Morgan fingerprint density at radius 2 is 2.25 bits per heavy atom. The van der Waals surface area contributed by atoms with Gasteiger partial charge in [-0.25, -0.2) is 0 Å². The van der Waals surface area contributed by atoms with Crippen molar-refractivity contribution >= 4 is 11.6 Å². The summed E-state index contributed by atoms with van der Waals surface area (Å²) in [4.78, 5) is 10.2. The number of hydrogen-bond donors (Lipinski definition) is 2. The first kappa shape index (κ1) is 6.94. The monoisotopic (exact) mass is 115 g/mol. The maximum atomic E-state index is 10.2. The molecule has 0 unspecified atom stereocenters. The highest BCUT2D eigenvalue weighted by Crippen LogP contribution is 1.79. The van der Waals surface area contributed by atoms with E-state index in [-0.39, 0.29) is 5.71 Å². The number of carbonyl (C=O) groups excluding carboxylic acids is 1. The van der Waals surface area contributed by atoms with Gasteiger partial charge in [0.05, 0.1) is 0 Å². The van der Waals surface area contributed by atoms with Crippen molar-refractivity contribution in [2.75, 3.05) is 0 Å². The average molecular weight is 115 g/mol. The van der Waals surface area contributed by atoms with Gasteiger partial charge in [0.15, 0.2) is 0 Å². The normalized spacial score (nSPS) is 11.4. The Morgan fingerprint density at radius 3 is 2.25 bits per heavy atom. The van der Waals surface area contributed by atoms with Crippen molar-refractivity contribution in [3.63, 3.8) is 0 Å². The summed E-state index contributed by atoms with van der Waals surface area (Å²) in [6.07, 6.45) is 0.492. The molecule has 0 aliphatic carbocycles. The third-order valence-electron chi connectivity index (χ3n) is 0.775. The molecule has 0 aromatic rings. The zero-order valence-electron chi connectivity index (χ0n) is 4.72. The Hall–Kier alpha value is -1.06. The molecule has 8 heavy (non-hydrogen) atoms. The summed E-state index contributed by atoms with van der Waals surface area (Å²) in [5, 5.41) is 3.15. The molecule has 4 heteroatoms. The van der Waals surface area contributed by atoms with Gasteiger partial charge in [-0.2, -0.15) is 5.10 Å². The minimum absolute atomic E-state index is 0.227. The van der Waals surface area contributed by atoms with Crippen molar-refractivity contribution in [1.29, 1.82) is 0 Å². The van der Waals surface area contributed by atoms with Gasteiger partial charge in [0.2, 0.25) is 0 Å². The summed E-state index contributed by atoms with van der Waals surface area (Å²) in [6, 6.07) is 0. The van der Waals surface area contributed by atoms with Crippen molar-refractivity contribution in [3.05, 3.63) is 0 Å². The van der Waals surface area contributed by atoms with Gasteiger partial charge in [0.1, 0.15) is 5.71 Å². The molecule has 0 fully saturated rings. The van der Waals surface area contributed by atoms with Gasteiger partial charge in [-0.05, 0) is 6.42 Å². The van der Waals surface area contributed by atoms with Crippen LogP contribution in [-0.2, 0) is 4.79 Å². The Balaban J connectivity index is 3.92. The van der Waals surface area contributed by atoms with E-state index >= 15 is 0 Å². The molecule has 0 bridgehead atoms. The zero-order chi connectivity index (χ0) is 6.57. The fourth-order valence-electron chi connectivity index (χ4n) is 0.329. The number of amides is 1. The predicted molar refractivity (Wildman–Crippen MR) is 31.1 cm³/mol. The molecule has 0 aromatic heterocycles. The first-order valence-electron chi connectivity index (χ1n) is 2.29. The van der Waals surface area contributed by atoms with Crippen LogP contribution < -0.4 is 11.6 Å². The molecule has 4 N–H and O–H groups in total. The molecule has 0 aromatic carbocycles. The van der Waals surface area contributed by atoms with Crippen molar-refractivity contribution < 1.29 is 4.79 Å². The van der Waals surface area contributed by atoms with E-state index in [2.05, 4.69) is 5.10 Å². The maximum Gasteiger partial charge on any atom is 0.264 e. The van der Waals surface area contributed by atoms with Gasteiger partial charge >= 0.3 is 0 Å². The minimum Gasteiger partial charge on any atom is -0.364 e. The number of nitrogens with zero attached hydrogens (tertiary/aromatic N) is 1. The van der Waals surface area contributed by atoms with Crippen LogP contribution in [0, 0.1) is 0 Å². The van der Waals surface area contributed by atoms with E-state index in [4.69, 9.17) is 11.6 Å². The largest absolute Gasteiger partial charge is 0.364 e. The summed E-state index contributed by atoms with van der Waals surface area (Å²) >= 11 is 0. The summed E-state index contributed by atoms with van der Waals surface area (Å²) in [7, 11) is 0. The van der Waals surface area contributed by atoms with Crippen LogP contribution in [0.2, 0.25) is 0 Å². The second-order valence-electron chi connectivity index (χ2n) is 1.29. The van der Waals surface area contributed by atoms with Crippen molar-refractivity contribution in [1.82, 2.24) is 0 Å². The molecule has 0 radical (unpaired) electrons. The number of hydrogen-bond acceptors (Lipinski definition) is 3. The van der Waals surface area contributed by atoms with Crippen molar-refractivity contribution in [3.8, 4) is 0 Å². The molecule has 1 amide bonds. The van der Waals surface area contributed by atoms with Crippen LogP contribution in [0.4, 0.5) is 0 Å². The molecular formula is C4H9N3O. The molecule has 0 aliphatic rings. The van der Waals surface area contributed by atoms with Crippen LogP contribution in [0.1, 0.15) is 13.3 Å². The Kier molecular flexibility index (Phi) is 2.61. The van der Waals surface area contributed by atoms with Gasteiger partial charge < -0.3 is 11.6 Å². The van der Waals surface area contributed by atoms with Gasteiger partial charge in [-0.3, -0.25) is 4.79 Å². The Morgan fingerprint density at radius 1 is 1.75 bits per heavy atom. The summed E-state index contributed by atoms with van der Waals surface area (Å²) in [5.41, 5.74) is 5.03. The number of nitrogens with two attached hydrogens (primary N) is 2. The molecule has 0 spiro atoms. The average Bonchev–Trinajstić information content (AvgIpc) is 1.69. The number of hydrazone groups is 1. The highest BCUT2D eigenvalue weighted by Gasteiger charge is 2.00. The lowest BCUT2D eigenvalue weighted by Crippen LogP contribution is -2.23. The van der Waals surface area contributed by atoms with E-state index in [0.29, 0.717) is 6.42 Å². The summed E-state index contributed by atoms with van der Waals surface area (Å²) in [6.45, 7) is 1.76. The number of rotatable bonds is 2. The van der Waals surface area contributed by atoms with Crippen LogP contribution in [0.15, 0.2) is 5.10 Å². The molecular weight excluding hydrogens is 106 g/mol. The van der Waals surface area contributed by atoms with E-state index in [9.17, 15) is 4.79 Å². The lowest BCUT2D eigenvalue weighted by atomic mass is 10.3. The van der Waals surface area contributed by atoms with E-state index in [1.807, 2.05) is 0 Å². The summed E-state index contributed by atoms with van der Waals surface area (Å²) in [5.74, 6) is 4.23. The maximum absolute atomic E-state index is 10.2.